The second kappa shape index (κ2) is 7.59. The first-order chi connectivity index (χ1) is 10.3. The molecule has 0 aliphatic carbocycles. The number of nitrogens with zero attached hydrogens (tertiary/aromatic N) is 2. The van der Waals surface area contributed by atoms with Gasteiger partial charge in [0.05, 0.1) is 0 Å². The number of carbonyl (C=O) groups is 1. The average Bonchev–Trinajstić information content (AvgIpc) is 3.18. The summed E-state index contributed by atoms with van der Waals surface area (Å²) in [5.74, 6) is 1.92. The molecule has 1 amide bonds. The SMILES string of the molecule is O=C(CCC1CCNCC1)N1CCC(CN2CCCC2)C1. The Balaban J connectivity index is 1.35. The lowest BCUT2D eigenvalue weighted by Crippen LogP contribution is -2.33. The number of rotatable bonds is 5. The lowest BCUT2D eigenvalue weighted by atomic mass is 9.93. The highest BCUT2D eigenvalue weighted by molar-refractivity contribution is 5.76. The summed E-state index contributed by atoms with van der Waals surface area (Å²) in [6, 6.07) is 0. The number of piperidine rings is 1. The van der Waals surface area contributed by atoms with Crippen LogP contribution in [-0.4, -0.2) is 61.5 Å². The summed E-state index contributed by atoms with van der Waals surface area (Å²) in [6.07, 6.45) is 8.34. The van der Waals surface area contributed by atoms with Crippen molar-refractivity contribution in [2.75, 3.05) is 45.8 Å². The number of hydrogen-bond donors (Lipinski definition) is 1. The minimum absolute atomic E-state index is 0.414. The smallest absolute Gasteiger partial charge is 0.222 e. The van der Waals surface area contributed by atoms with Gasteiger partial charge in [0.1, 0.15) is 0 Å². The van der Waals surface area contributed by atoms with Crippen molar-refractivity contribution in [3.8, 4) is 0 Å². The molecule has 21 heavy (non-hydrogen) atoms. The summed E-state index contributed by atoms with van der Waals surface area (Å²) in [7, 11) is 0. The quantitative estimate of drug-likeness (QED) is 0.838. The van der Waals surface area contributed by atoms with Crippen molar-refractivity contribution in [2.45, 2.75) is 44.9 Å². The third-order valence-electron chi connectivity index (χ3n) is 5.58. The second-order valence-corrected chi connectivity index (χ2v) is 7.23. The Morgan fingerprint density at radius 2 is 1.76 bits per heavy atom. The van der Waals surface area contributed by atoms with E-state index in [1.807, 2.05) is 0 Å². The molecular weight excluding hydrogens is 262 g/mol. The van der Waals surface area contributed by atoms with E-state index < -0.39 is 0 Å². The van der Waals surface area contributed by atoms with Gasteiger partial charge in [0.25, 0.3) is 0 Å². The molecule has 3 aliphatic heterocycles. The standard InChI is InChI=1S/C17H31N3O/c21-17(4-3-15-5-8-18-9-6-15)20-12-7-16(14-20)13-19-10-1-2-11-19/h15-16,18H,1-14H2. The van der Waals surface area contributed by atoms with Crippen LogP contribution in [-0.2, 0) is 4.79 Å². The van der Waals surface area contributed by atoms with Crippen LogP contribution in [0.2, 0.25) is 0 Å². The normalized spacial score (nSPS) is 28.4. The van der Waals surface area contributed by atoms with E-state index in [2.05, 4.69) is 15.1 Å². The van der Waals surface area contributed by atoms with Gasteiger partial charge in [-0.15, -0.1) is 0 Å². The molecule has 0 aromatic heterocycles. The van der Waals surface area contributed by atoms with E-state index in [1.165, 1.54) is 51.7 Å². The number of amides is 1. The molecule has 3 saturated heterocycles. The first kappa shape index (κ1) is 15.3. The average molecular weight is 293 g/mol. The third kappa shape index (κ3) is 4.43. The largest absolute Gasteiger partial charge is 0.342 e. The van der Waals surface area contributed by atoms with Gasteiger partial charge in [-0.25, -0.2) is 0 Å². The van der Waals surface area contributed by atoms with Gasteiger partial charge < -0.3 is 15.1 Å². The molecule has 3 aliphatic rings. The van der Waals surface area contributed by atoms with Gasteiger partial charge in [-0.3, -0.25) is 4.79 Å². The van der Waals surface area contributed by atoms with Crippen LogP contribution in [0.4, 0.5) is 0 Å². The Morgan fingerprint density at radius 1 is 1.00 bits per heavy atom. The number of nitrogens with one attached hydrogen (secondary N) is 1. The Bertz CT molecular complexity index is 335. The molecule has 3 rings (SSSR count). The van der Waals surface area contributed by atoms with Gasteiger partial charge >= 0.3 is 0 Å². The van der Waals surface area contributed by atoms with Crippen molar-refractivity contribution in [2.24, 2.45) is 11.8 Å². The predicted molar refractivity (Wildman–Crippen MR) is 85.2 cm³/mol. The molecule has 4 nitrogen and oxygen atoms in total. The zero-order chi connectivity index (χ0) is 14.5. The van der Waals surface area contributed by atoms with Crippen LogP contribution in [0.15, 0.2) is 0 Å². The van der Waals surface area contributed by atoms with Crippen LogP contribution in [0.25, 0.3) is 0 Å². The molecule has 0 bridgehead atoms. The highest BCUT2D eigenvalue weighted by Crippen LogP contribution is 2.23. The van der Waals surface area contributed by atoms with Crippen LogP contribution in [0, 0.1) is 11.8 Å². The minimum Gasteiger partial charge on any atom is -0.342 e. The first-order valence-corrected chi connectivity index (χ1v) is 9.02. The predicted octanol–water partition coefficient (Wildman–Crippen LogP) is 1.71. The molecule has 3 heterocycles. The second-order valence-electron chi connectivity index (χ2n) is 7.23. The molecule has 3 fully saturated rings. The van der Waals surface area contributed by atoms with Crippen molar-refractivity contribution in [1.82, 2.24) is 15.1 Å². The number of carbonyl (C=O) groups excluding carboxylic acids is 1. The fourth-order valence-electron chi connectivity index (χ4n) is 4.19. The first-order valence-electron chi connectivity index (χ1n) is 9.02. The van der Waals surface area contributed by atoms with Gasteiger partial charge in [-0.2, -0.15) is 0 Å². The van der Waals surface area contributed by atoms with Gasteiger partial charge in [0.2, 0.25) is 5.91 Å². The highest BCUT2D eigenvalue weighted by Gasteiger charge is 2.28. The van der Waals surface area contributed by atoms with Crippen LogP contribution in [0.1, 0.15) is 44.9 Å². The Labute approximate surface area is 129 Å². The minimum atomic E-state index is 0.414. The van der Waals surface area contributed by atoms with Crippen LogP contribution >= 0.6 is 0 Å². The number of likely N-dealkylation sites (tertiary alicyclic amines) is 2. The molecule has 1 unspecified atom stereocenters. The van der Waals surface area contributed by atoms with Crippen molar-refractivity contribution in [1.29, 1.82) is 0 Å². The molecule has 0 aromatic carbocycles. The summed E-state index contributed by atoms with van der Waals surface area (Å²) < 4.78 is 0. The molecule has 0 spiro atoms. The van der Waals surface area contributed by atoms with Gasteiger partial charge in [-0.05, 0) is 76.5 Å². The number of hydrogen-bond acceptors (Lipinski definition) is 3. The van der Waals surface area contributed by atoms with E-state index in [1.54, 1.807) is 0 Å². The van der Waals surface area contributed by atoms with E-state index in [0.29, 0.717) is 5.91 Å². The monoisotopic (exact) mass is 293 g/mol. The maximum Gasteiger partial charge on any atom is 0.222 e. The van der Waals surface area contributed by atoms with Crippen molar-refractivity contribution < 1.29 is 4.79 Å². The molecular formula is C17H31N3O. The molecule has 0 radical (unpaired) electrons. The molecule has 1 N–H and O–H groups in total. The van der Waals surface area contributed by atoms with E-state index in [-0.39, 0.29) is 0 Å². The summed E-state index contributed by atoms with van der Waals surface area (Å²) in [5.41, 5.74) is 0. The van der Waals surface area contributed by atoms with Crippen LogP contribution in [0.5, 0.6) is 0 Å². The lowest BCUT2D eigenvalue weighted by molar-refractivity contribution is -0.130. The van der Waals surface area contributed by atoms with Crippen LogP contribution < -0.4 is 5.32 Å². The van der Waals surface area contributed by atoms with E-state index in [9.17, 15) is 4.79 Å². The van der Waals surface area contributed by atoms with E-state index in [0.717, 1.165) is 50.9 Å². The van der Waals surface area contributed by atoms with Gasteiger partial charge in [-0.1, -0.05) is 0 Å². The summed E-state index contributed by atoms with van der Waals surface area (Å²) >= 11 is 0. The Morgan fingerprint density at radius 3 is 2.52 bits per heavy atom. The van der Waals surface area contributed by atoms with Crippen molar-refractivity contribution in [3.05, 3.63) is 0 Å². The maximum atomic E-state index is 12.4. The molecule has 1 atom stereocenters. The maximum absolute atomic E-state index is 12.4. The van der Waals surface area contributed by atoms with Crippen molar-refractivity contribution in [3.63, 3.8) is 0 Å². The Hall–Kier alpha value is -0.610. The zero-order valence-corrected chi connectivity index (χ0v) is 13.4. The summed E-state index contributed by atoms with van der Waals surface area (Å²) in [5, 5.41) is 3.40. The topological polar surface area (TPSA) is 35.6 Å². The van der Waals surface area contributed by atoms with Gasteiger partial charge in [0.15, 0.2) is 0 Å². The zero-order valence-electron chi connectivity index (χ0n) is 13.4. The highest BCUT2D eigenvalue weighted by atomic mass is 16.2. The fourth-order valence-corrected chi connectivity index (χ4v) is 4.19. The fraction of sp³-hybridized carbons (Fsp3) is 0.941. The Kier molecular flexibility index (Phi) is 5.53. The molecule has 0 aromatic rings. The third-order valence-corrected chi connectivity index (χ3v) is 5.58. The van der Waals surface area contributed by atoms with E-state index in [4.69, 9.17) is 0 Å². The summed E-state index contributed by atoms with van der Waals surface area (Å²) in [6.45, 7) is 8.07. The van der Waals surface area contributed by atoms with E-state index >= 15 is 0 Å². The molecule has 4 heteroatoms. The van der Waals surface area contributed by atoms with Gasteiger partial charge in [0, 0.05) is 26.1 Å². The molecule has 0 saturated carbocycles. The summed E-state index contributed by atoms with van der Waals surface area (Å²) in [4.78, 5) is 17.1. The molecule has 120 valence electrons. The van der Waals surface area contributed by atoms with Crippen LogP contribution in [0.3, 0.4) is 0 Å². The lowest BCUT2D eigenvalue weighted by Gasteiger charge is -2.24. The van der Waals surface area contributed by atoms with Crippen molar-refractivity contribution >= 4 is 5.91 Å².